The van der Waals surface area contributed by atoms with Gasteiger partial charge in [0.1, 0.15) is 5.82 Å². The fourth-order valence-electron chi connectivity index (χ4n) is 3.77. The molecule has 0 unspecified atom stereocenters. The molecule has 33 heavy (non-hydrogen) atoms. The molecule has 0 N–H and O–H groups in total. The van der Waals surface area contributed by atoms with Gasteiger partial charge in [-0.3, -0.25) is 4.79 Å². The van der Waals surface area contributed by atoms with Crippen LogP contribution >= 0.6 is 11.8 Å². The Morgan fingerprint density at radius 2 is 1.85 bits per heavy atom. The summed E-state index contributed by atoms with van der Waals surface area (Å²) in [4.78, 5) is 26.5. The van der Waals surface area contributed by atoms with Gasteiger partial charge in [0.25, 0.3) is 5.91 Å². The van der Waals surface area contributed by atoms with Crippen LogP contribution < -0.4 is 4.90 Å². The first kappa shape index (κ1) is 23.3. The first-order valence-corrected chi connectivity index (χ1v) is 12.4. The molecule has 172 valence electrons. The smallest absolute Gasteiger partial charge is 0.254 e. The van der Waals surface area contributed by atoms with E-state index >= 15 is 0 Å². The summed E-state index contributed by atoms with van der Waals surface area (Å²) >= 11 is 1.59. The molecule has 1 aliphatic rings. The van der Waals surface area contributed by atoms with E-state index in [1.165, 1.54) is 0 Å². The molecular weight excluding hydrogens is 432 g/mol. The first-order chi connectivity index (χ1) is 16.1. The highest BCUT2D eigenvalue weighted by Gasteiger charge is 2.18. The zero-order valence-electron chi connectivity index (χ0n) is 19.2. The van der Waals surface area contributed by atoms with Gasteiger partial charge in [-0.2, -0.15) is 0 Å². The predicted molar refractivity (Wildman–Crippen MR) is 134 cm³/mol. The fraction of sp³-hybridized carbons (Fsp3) is 0.346. The van der Waals surface area contributed by atoms with Crippen molar-refractivity contribution >= 4 is 23.5 Å². The molecule has 0 saturated carbocycles. The number of nitrogens with zero attached hydrogens (tertiary/aromatic N) is 4. The normalized spacial score (nSPS) is 13.7. The van der Waals surface area contributed by atoms with E-state index in [1.54, 1.807) is 11.8 Å². The van der Waals surface area contributed by atoms with E-state index in [2.05, 4.69) is 37.1 Å². The Morgan fingerprint density at radius 1 is 1.06 bits per heavy atom. The number of rotatable bonds is 8. The van der Waals surface area contributed by atoms with Gasteiger partial charge in [-0.1, -0.05) is 61.2 Å². The second-order valence-corrected chi connectivity index (χ2v) is 9.02. The largest absolute Gasteiger partial charge is 0.378 e. The van der Waals surface area contributed by atoms with Crippen LogP contribution in [0.4, 0.5) is 5.82 Å². The van der Waals surface area contributed by atoms with Crippen molar-refractivity contribution in [3.8, 4) is 11.3 Å². The molecule has 0 atom stereocenters. The van der Waals surface area contributed by atoms with Crippen molar-refractivity contribution in [1.29, 1.82) is 0 Å². The number of aromatic nitrogens is 2. The SMILES string of the molecule is CCCN(C)c1cc(-c2ccccc2)nc(SCc2cccc(C(=O)N3CCOCC3)c2)n1. The third kappa shape index (κ3) is 6.12. The van der Waals surface area contributed by atoms with Gasteiger partial charge in [-0.05, 0) is 24.1 Å². The minimum absolute atomic E-state index is 0.0657. The molecule has 3 aromatic rings. The summed E-state index contributed by atoms with van der Waals surface area (Å²) in [7, 11) is 2.07. The van der Waals surface area contributed by atoms with E-state index in [1.807, 2.05) is 47.4 Å². The number of morpholine rings is 1. The molecule has 7 heteroatoms. The summed E-state index contributed by atoms with van der Waals surface area (Å²) in [6.45, 7) is 5.59. The van der Waals surface area contributed by atoms with E-state index < -0.39 is 0 Å². The number of thioether (sulfide) groups is 1. The molecule has 0 radical (unpaired) electrons. The molecule has 1 aliphatic heterocycles. The monoisotopic (exact) mass is 462 g/mol. The summed E-state index contributed by atoms with van der Waals surface area (Å²) in [5.41, 5.74) is 3.79. The lowest BCUT2D eigenvalue weighted by atomic mass is 10.1. The highest BCUT2D eigenvalue weighted by Crippen LogP contribution is 2.27. The van der Waals surface area contributed by atoms with Gasteiger partial charge in [-0.25, -0.2) is 9.97 Å². The van der Waals surface area contributed by atoms with Crippen LogP contribution in [-0.2, 0) is 10.5 Å². The van der Waals surface area contributed by atoms with E-state index in [0.29, 0.717) is 32.1 Å². The lowest BCUT2D eigenvalue weighted by Gasteiger charge is -2.27. The van der Waals surface area contributed by atoms with Gasteiger partial charge in [0.2, 0.25) is 0 Å². The number of carbonyl (C=O) groups excluding carboxylic acids is 1. The molecule has 1 saturated heterocycles. The summed E-state index contributed by atoms with van der Waals surface area (Å²) < 4.78 is 5.37. The summed E-state index contributed by atoms with van der Waals surface area (Å²) in [5.74, 6) is 1.68. The van der Waals surface area contributed by atoms with Crippen LogP contribution in [0.5, 0.6) is 0 Å². The Bertz CT molecular complexity index is 1070. The van der Waals surface area contributed by atoms with Crippen molar-refractivity contribution < 1.29 is 9.53 Å². The Hall–Kier alpha value is -2.90. The minimum Gasteiger partial charge on any atom is -0.378 e. The van der Waals surface area contributed by atoms with E-state index in [9.17, 15) is 4.79 Å². The van der Waals surface area contributed by atoms with Crippen LogP contribution in [0.1, 0.15) is 29.3 Å². The maximum Gasteiger partial charge on any atom is 0.254 e. The lowest BCUT2D eigenvalue weighted by Crippen LogP contribution is -2.40. The van der Waals surface area contributed by atoms with Crippen molar-refractivity contribution in [1.82, 2.24) is 14.9 Å². The summed E-state index contributed by atoms with van der Waals surface area (Å²) in [6.07, 6.45) is 1.05. The van der Waals surface area contributed by atoms with Crippen molar-refractivity contribution in [2.45, 2.75) is 24.3 Å². The number of hydrogen-bond donors (Lipinski definition) is 0. The van der Waals surface area contributed by atoms with Crippen molar-refractivity contribution in [3.05, 3.63) is 71.8 Å². The number of carbonyl (C=O) groups is 1. The molecule has 6 nitrogen and oxygen atoms in total. The second kappa shape index (κ2) is 11.3. The van der Waals surface area contributed by atoms with Crippen LogP contribution in [0, 0.1) is 0 Å². The molecule has 2 heterocycles. The topological polar surface area (TPSA) is 58.6 Å². The maximum atomic E-state index is 12.8. The molecule has 2 aromatic carbocycles. The molecule has 0 bridgehead atoms. The Morgan fingerprint density at radius 3 is 2.61 bits per heavy atom. The maximum absolute atomic E-state index is 12.8. The number of amides is 1. The van der Waals surface area contributed by atoms with Gasteiger partial charge in [0.05, 0.1) is 18.9 Å². The molecular formula is C26H30N4O2S. The molecule has 0 spiro atoms. The van der Waals surface area contributed by atoms with Gasteiger partial charge in [-0.15, -0.1) is 0 Å². The second-order valence-electron chi connectivity index (χ2n) is 8.08. The van der Waals surface area contributed by atoms with Crippen LogP contribution in [0.15, 0.2) is 65.8 Å². The van der Waals surface area contributed by atoms with Crippen LogP contribution in [0.25, 0.3) is 11.3 Å². The zero-order chi connectivity index (χ0) is 23.0. The third-order valence-electron chi connectivity index (χ3n) is 5.55. The van der Waals surface area contributed by atoms with E-state index in [-0.39, 0.29) is 5.91 Å². The first-order valence-electron chi connectivity index (χ1n) is 11.4. The van der Waals surface area contributed by atoms with Crippen molar-refractivity contribution in [2.24, 2.45) is 0 Å². The molecule has 4 rings (SSSR count). The van der Waals surface area contributed by atoms with Gasteiger partial charge in [0, 0.05) is 49.6 Å². The standard InChI is InChI=1S/C26H30N4O2S/c1-3-12-29(2)24-18-23(21-9-5-4-6-10-21)27-26(28-24)33-19-20-8-7-11-22(17-20)25(31)30-13-15-32-16-14-30/h4-11,17-18H,3,12-16,19H2,1-2H3. The molecule has 1 aromatic heterocycles. The zero-order valence-corrected chi connectivity index (χ0v) is 20.1. The molecule has 0 aliphatic carbocycles. The van der Waals surface area contributed by atoms with Crippen LogP contribution in [0.2, 0.25) is 0 Å². The summed E-state index contributed by atoms with van der Waals surface area (Å²) in [6, 6.07) is 20.1. The van der Waals surface area contributed by atoms with Crippen LogP contribution in [-0.4, -0.2) is 60.7 Å². The fourth-order valence-corrected chi connectivity index (χ4v) is 4.57. The Kier molecular flexibility index (Phi) is 7.96. The average molecular weight is 463 g/mol. The molecule has 1 fully saturated rings. The van der Waals surface area contributed by atoms with Gasteiger partial charge >= 0.3 is 0 Å². The van der Waals surface area contributed by atoms with Gasteiger partial charge in [0.15, 0.2) is 5.16 Å². The average Bonchev–Trinajstić information content (AvgIpc) is 2.88. The van der Waals surface area contributed by atoms with Gasteiger partial charge < -0.3 is 14.5 Å². The Labute approximate surface area is 200 Å². The van der Waals surface area contributed by atoms with Crippen molar-refractivity contribution in [2.75, 3.05) is 44.8 Å². The highest BCUT2D eigenvalue weighted by molar-refractivity contribution is 7.98. The minimum atomic E-state index is 0.0657. The highest BCUT2D eigenvalue weighted by atomic mass is 32.2. The van der Waals surface area contributed by atoms with E-state index in [4.69, 9.17) is 14.7 Å². The predicted octanol–water partition coefficient (Wildman–Crippen LogP) is 4.75. The Balaban J connectivity index is 1.52. The van der Waals surface area contributed by atoms with E-state index in [0.717, 1.165) is 46.3 Å². The molecule has 1 amide bonds. The third-order valence-corrected chi connectivity index (χ3v) is 6.47. The lowest BCUT2D eigenvalue weighted by molar-refractivity contribution is 0.0303. The van der Waals surface area contributed by atoms with Crippen LogP contribution in [0.3, 0.4) is 0 Å². The van der Waals surface area contributed by atoms with Crippen molar-refractivity contribution in [3.63, 3.8) is 0 Å². The summed E-state index contributed by atoms with van der Waals surface area (Å²) in [5, 5.41) is 0.735. The number of anilines is 1. The number of benzene rings is 2. The number of ether oxygens (including phenoxy) is 1. The number of hydrogen-bond acceptors (Lipinski definition) is 6. The quantitative estimate of drug-likeness (QED) is 0.356.